The molecular weight excluding hydrogens is 286 g/mol. The maximum absolute atomic E-state index is 12.3. The van der Waals surface area contributed by atoms with Gasteiger partial charge in [-0.05, 0) is 30.2 Å². The highest BCUT2D eigenvalue weighted by Crippen LogP contribution is 2.23. The third kappa shape index (κ3) is 4.50. The molecule has 110 valence electrons. The Bertz CT molecular complexity index is 599. The van der Waals surface area contributed by atoms with E-state index in [0.29, 0.717) is 29.5 Å². The number of hydrogen-bond donors (Lipinski definition) is 1. The lowest BCUT2D eigenvalue weighted by Gasteiger charge is -2.11. The molecule has 0 aliphatic heterocycles. The van der Waals surface area contributed by atoms with E-state index in [2.05, 4.69) is 5.32 Å². The summed E-state index contributed by atoms with van der Waals surface area (Å²) in [5, 5.41) is 3.40. The molecule has 0 aliphatic rings. The molecule has 1 amide bonds. The quantitative estimate of drug-likeness (QED) is 0.874. The van der Waals surface area contributed by atoms with Gasteiger partial charge in [0.25, 0.3) is 5.91 Å². The molecule has 0 bridgehead atoms. The maximum atomic E-state index is 12.3. The molecule has 2 aromatic rings. The van der Waals surface area contributed by atoms with E-state index in [1.807, 2.05) is 37.3 Å². The fraction of sp³-hybridized carbons (Fsp3) is 0.235. The van der Waals surface area contributed by atoms with Gasteiger partial charge in [-0.2, -0.15) is 0 Å². The number of carbonyl (C=O) groups excluding carboxylic acids is 1. The highest BCUT2D eigenvalue weighted by Gasteiger charge is 2.13. The molecule has 4 heteroatoms. The van der Waals surface area contributed by atoms with Crippen LogP contribution in [0.2, 0.25) is 5.02 Å². The first-order chi connectivity index (χ1) is 10.2. The molecule has 0 aromatic heterocycles. The predicted molar refractivity (Wildman–Crippen MR) is 84.9 cm³/mol. The van der Waals surface area contributed by atoms with Gasteiger partial charge in [0, 0.05) is 11.6 Å². The lowest BCUT2D eigenvalue weighted by molar-refractivity contribution is 0.0947. The molecular formula is C17H18ClNO2. The van der Waals surface area contributed by atoms with Crippen LogP contribution < -0.4 is 10.1 Å². The molecule has 21 heavy (non-hydrogen) atoms. The highest BCUT2D eigenvalue weighted by atomic mass is 35.5. The van der Waals surface area contributed by atoms with E-state index in [1.165, 1.54) is 0 Å². The largest absolute Gasteiger partial charge is 0.493 e. The lowest BCUT2D eigenvalue weighted by Crippen LogP contribution is -2.23. The van der Waals surface area contributed by atoms with E-state index in [4.69, 9.17) is 16.3 Å². The van der Waals surface area contributed by atoms with Crippen molar-refractivity contribution in [3.8, 4) is 5.75 Å². The number of carbonyl (C=O) groups is 1. The molecule has 0 aliphatic carbocycles. The van der Waals surface area contributed by atoms with Crippen LogP contribution in [0.3, 0.4) is 0 Å². The van der Waals surface area contributed by atoms with Crippen molar-refractivity contribution in [1.29, 1.82) is 0 Å². The van der Waals surface area contributed by atoms with Crippen molar-refractivity contribution in [2.24, 2.45) is 0 Å². The summed E-state index contributed by atoms with van der Waals surface area (Å²) in [6.07, 6.45) is 0.883. The van der Waals surface area contributed by atoms with Gasteiger partial charge in [-0.1, -0.05) is 48.9 Å². The zero-order chi connectivity index (χ0) is 15.1. The minimum absolute atomic E-state index is 0.188. The Labute approximate surface area is 129 Å². The van der Waals surface area contributed by atoms with Crippen LogP contribution in [-0.2, 0) is 6.54 Å². The van der Waals surface area contributed by atoms with Crippen LogP contribution in [0.5, 0.6) is 5.75 Å². The van der Waals surface area contributed by atoms with Gasteiger partial charge in [0.15, 0.2) is 0 Å². The van der Waals surface area contributed by atoms with Gasteiger partial charge >= 0.3 is 0 Å². The summed E-state index contributed by atoms with van der Waals surface area (Å²) in [5.74, 6) is 0.374. The topological polar surface area (TPSA) is 38.3 Å². The lowest BCUT2D eigenvalue weighted by atomic mass is 10.1. The Morgan fingerprint density at radius 3 is 2.67 bits per heavy atom. The number of amides is 1. The van der Waals surface area contributed by atoms with Gasteiger partial charge in [-0.3, -0.25) is 4.79 Å². The van der Waals surface area contributed by atoms with Gasteiger partial charge in [-0.25, -0.2) is 0 Å². The maximum Gasteiger partial charge on any atom is 0.255 e. The van der Waals surface area contributed by atoms with Gasteiger partial charge in [-0.15, -0.1) is 0 Å². The molecule has 0 saturated heterocycles. The van der Waals surface area contributed by atoms with Crippen LogP contribution in [0.1, 0.15) is 29.3 Å². The molecule has 0 unspecified atom stereocenters. The number of hydrogen-bond acceptors (Lipinski definition) is 2. The first-order valence-corrected chi connectivity index (χ1v) is 7.33. The smallest absolute Gasteiger partial charge is 0.255 e. The van der Waals surface area contributed by atoms with Crippen molar-refractivity contribution in [1.82, 2.24) is 5.32 Å². The minimum atomic E-state index is -0.188. The van der Waals surface area contributed by atoms with Gasteiger partial charge < -0.3 is 10.1 Å². The molecule has 0 spiro atoms. The Morgan fingerprint density at radius 2 is 1.95 bits per heavy atom. The van der Waals surface area contributed by atoms with Crippen molar-refractivity contribution in [3.63, 3.8) is 0 Å². The van der Waals surface area contributed by atoms with Crippen LogP contribution in [0.25, 0.3) is 0 Å². The second-order valence-corrected chi connectivity index (χ2v) is 5.09. The Kier molecular flexibility index (Phi) is 5.64. The van der Waals surface area contributed by atoms with Gasteiger partial charge in [0.1, 0.15) is 5.75 Å². The minimum Gasteiger partial charge on any atom is -0.493 e. The van der Waals surface area contributed by atoms with Gasteiger partial charge in [0.05, 0.1) is 12.2 Å². The van der Waals surface area contributed by atoms with Crippen molar-refractivity contribution in [3.05, 3.63) is 64.7 Å². The third-order valence-corrected chi connectivity index (χ3v) is 3.18. The zero-order valence-electron chi connectivity index (χ0n) is 11.9. The summed E-state index contributed by atoms with van der Waals surface area (Å²) < 4.78 is 5.59. The van der Waals surface area contributed by atoms with Crippen LogP contribution in [0.4, 0.5) is 0 Å². The fourth-order valence-corrected chi connectivity index (χ4v) is 2.06. The molecule has 0 fully saturated rings. The van der Waals surface area contributed by atoms with Crippen molar-refractivity contribution >= 4 is 17.5 Å². The average Bonchev–Trinajstić information content (AvgIpc) is 2.52. The average molecular weight is 304 g/mol. The first-order valence-electron chi connectivity index (χ1n) is 6.95. The molecule has 2 rings (SSSR count). The fourth-order valence-electron chi connectivity index (χ4n) is 1.89. The molecule has 2 aromatic carbocycles. The number of halogens is 1. The van der Waals surface area contributed by atoms with Crippen LogP contribution in [0, 0.1) is 0 Å². The SMILES string of the molecule is CCCOc1ccc(Cl)cc1C(=O)NCc1ccccc1. The first kappa shape index (κ1) is 15.4. The van der Waals surface area contributed by atoms with Gasteiger partial charge in [0.2, 0.25) is 0 Å². The van der Waals surface area contributed by atoms with E-state index in [1.54, 1.807) is 18.2 Å². The Balaban J connectivity index is 2.08. The van der Waals surface area contributed by atoms with Crippen LogP contribution in [0.15, 0.2) is 48.5 Å². The van der Waals surface area contributed by atoms with Crippen LogP contribution in [-0.4, -0.2) is 12.5 Å². The normalized spacial score (nSPS) is 10.2. The summed E-state index contributed by atoms with van der Waals surface area (Å²) in [6.45, 7) is 3.06. The van der Waals surface area contributed by atoms with E-state index < -0.39 is 0 Å². The summed E-state index contributed by atoms with van der Waals surface area (Å²) >= 11 is 5.98. The Hall–Kier alpha value is -2.00. The zero-order valence-corrected chi connectivity index (χ0v) is 12.7. The van der Waals surface area contributed by atoms with Crippen molar-refractivity contribution in [2.75, 3.05) is 6.61 Å². The molecule has 3 nitrogen and oxygen atoms in total. The van der Waals surface area contributed by atoms with Crippen molar-refractivity contribution in [2.45, 2.75) is 19.9 Å². The summed E-state index contributed by atoms with van der Waals surface area (Å²) in [7, 11) is 0. The highest BCUT2D eigenvalue weighted by molar-refractivity contribution is 6.31. The molecule has 0 saturated carbocycles. The number of ether oxygens (including phenoxy) is 1. The van der Waals surface area contributed by atoms with E-state index in [9.17, 15) is 4.79 Å². The van der Waals surface area contributed by atoms with E-state index >= 15 is 0 Å². The summed E-state index contributed by atoms with van der Waals surface area (Å²) in [5.41, 5.74) is 1.51. The van der Waals surface area contributed by atoms with E-state index in [-0.39, 0.29) is 5.91 Å². The molecule has 1 N–H and O–H groups in total. The second-order valence-electron chi connectivity index (χ2n) is 4.66. The van der Waals surface area contributed by atoms with Crippen LogP contribution >= 0.6 is 11.6 Å². The summed E-state index contributed by atoms with van der Waals surface area (Å²) in [4.78, 5) is 12.3. The molecule has 0 atom stereocenters. The van der Waals surface area contributed by atoms with Crippen molar-refractivity contribution < 1.29 is 9.53 Å². The number of benzene rings is 2. The van der Waals surface area contributed by atoms with E-state index in [0.717, 1.165) is 12.0 Å². The molecule has 0 heterocycles. The Morgan fingerprint density at radius 1 is 1.19 bits per heavy atom. The molecule has 0 radical (unpaired) electrons. The number of rotatable bonds is 6. The second kappa shape index (κ2) is 7.70. The third-order valence-electron chi connectivity index (χ3n) is 2.94. The number of nitrogens with one attached hydrogen (secondary N) is 1. The predicted octanol–water partition coefficient (Wildman–Crippen LogP) is 4.06. The standard InChI is InChI=1S/C17H18ClNO2/c1-2-10-21-16-9-8-14(18)11-15(16)17(20)19-12-13-6-4-3-5-7-13/h3-9,11H,2,10,12H2,1H3,(H,19,20). The summed E-state index contributed by atoms with van der Waals surface area (Å²) in [6, 6.07) is 14.8. The monoisotopic (exact) mass is 303 g/mol.